The summed E-state index contributed by atoms with van der Waals surface area (Å²) in [5.74, 6) is 0. The number of rotatable bonds is 6. The Morgan fingerprint density at radius 2 is 0.867 bits per heavy atom. The summed E-state index contributed by atoms with van der Waals surface area (Å²) in [4.78, 5) is 6.81. The van der Waals surface area contributed by atoms with E-state index in [-0.39, 0.29) is 17.6 Å². The number of hydrogen-bond acceptors (Lipinski definition) is 3. The fraction of sp³-hybridized carbons (Fsp3) is 1.00. The average Bonchev–Trinajstić information content (AvgIpc) is 1.76. The van der Waals surface area contributed by atoms with Gasteiger partial charge in [0.05, 0.1) is 0 Å². The van der Waals surface area contributed by atoms with Crippen molar-refractivity contribution in [2.75, 3.05) is 61.9 Å². The zero-order valence-electron chi connectivity index (χ0n) is 11.0. The molecule has 0 unspecified atom stereocenters. The average molecular weight is 278 g/mol. The van der Waals surface area contributed by atoms with E-state index in [2.05, 4.69) is 63.9 Å². The Balaban J connectivity index is 0. The molecule has 0 saturated carbocycles. The van der Waals surface area contributed by atoms with Gasteiger partial charge in [0.2, 0.25) is 0 Å². The molecule has 0 aliphatic rings. The van der Waals surface area contributed by atoms with Crippen LogP contribution in [0.5, 0.6) is 0 Å². The summed E-state index contributed by atoms with van der Waals surface area (Å²) in [5, 5.41) is 0. The van der Waals surface area contributed by atoms with Crippen molar-refractivity contribution in [3.63, 3.8) is 0 Å². The predicted octanol–water partition coefficient (Wildman–Crippen LogP) is -0.774. The maximum absolute atomic E-state index is 2.35. The second kappa shape index (κ2) is 7.66. The quantitative estimate of drug-likeness (QED) is 0.591. The Labute approximate surface area is 107 Å². The topological polar surface area (TPSA) is 9.72 Å². The molecule has 0 atom stereocenters. The minimum atomic E-state index is 0. The van der Waals surface area contributed by atoms with E-state index in [9.17, 15) is 0 Å². The van der Waals surface area contributed by atoms with Crippen molar-refractivity contribution in [1.82, 2.24) is 14.7 Å². The van der Waals surface area contributed by atoms with Crippen LogP contribution in [-0.2, 0) is 0 Å². The minimum absolute atomic E-state index is 0. The van der Waals surface area contributed by atoms with Gasteiger partial charge in [0.1, 0.15) is 0 Å². The van der Waals surface area contributed by atoms with E-state index in [1.807, 2.05) is 0 Å². The van der Waals surface area contributed by atoms with E-state index < -0.39 is 0 Å². The van der Waals surface area contributed by atoms with Crippen LogP contribution >= 0.6 is 0 Å². The molecule has 0 aromatic heterocycles. The van der Waals surface area contributed by atoms with Gasteiger partial charge in [0.25, 0.3) is 0 Å². The van der Waals surface area contributed by atoms with Crippen LogP contribution in [0.25, 0.3) is 0 Å². The fourth-order valence-electron chi connectivity index (χ4n) is 2.44. The van der Waals surface area contributed by atoms with Gasteiger partial charge in [-0.15, -0.1) is 0 Å². The monoisotopic (exact) mass is 279 g/mol. The zero-order chi connectivity index (χ0) is 11.4. The van der Waals surface area contributed by atoms with Gasteiger partial charge in [-0.3, -0.25) is 0 Å². The van der Waals surface area contributed by atoms with E-state index in [0.29, 0.717) is 5.41 Å². The van der Waals surface area contributed by atoms with Crippen molar-refractivity contribution in [2.45, 2.75) is 6.92 Å². The van der Waals surface area contributed by atoms with Crippen molar-refractivity contribution in [3.05, 3.63) is 0 Å². The van der Waals surface area contributed by atoms with E-state index in [1.54, 1.807) is 0 Å². The van der Waals surface area contributed by atoms with Gasteiger partial charge in [-0.25, -0.2) is 0 Å². The normalized spacial score (nSPS) is 12.4. The van der Waals surface area contributed by atoms with Crippen LogP contribution < -0.4 is 0 Å². The Kier molecular flexibility index (Phi) is 9.09. The molecule has 94 valence electrons. The van der Waals surface area contributed by atoms with Crippen LogP contribution in [0.1, 0.15) is 6.92 Å². The molecule has 0 aromatic rings. The molecule has 0 spiro atoms. The SMILES string of the molecule is CN(C)CC(C)(CN(C)C)CN(C)C.[GeH4]. The van der Waals surface area contributed by atoms with Gasteiger partial charge < -0.3 is 14.7 Å². The van der Waals surface area contributed by atoms with Crippen molar-refractivity contribution in [1.29, 1.82) is 0 Å². The molecule has 0 radical (unpaired) electrons. The molecular formula is C11H31GeN3. The first-order valence-corrected chi connectivity index (χ1v) is 5.19. The van der Waals surface area contributed by atoms with Gasteiger partial charge in [0.15, 0.2) is 0 Å². The third kappa shape index (κ3) is 9.36. The molecule has 0 rings (SSSR count). The number of hydrogen-bond donors (Lipinski definition) is 0. The maximum atomic E-state index is 2.35. The molecule has 0 fully saturated rings. The molecule has 15 heavy (non-hydrogen) atoms. The Morgan fingerprint density at radius 3 is 1.00 bits per heavy atom. The third-order valence-corrected chi connectivity index (χ3v) is 2.09. The zero-order valence-corrected chi connectivity index (χ0v) is 11.0. The fourth-order valence-corrected chi connectivity index (χ4v) is 2.44. The predicted molar refractivity (Wildman–Crippen MR) is 75.1 cm³/mol. The summed E-state index contributed by atoms with van der Waals surface area (Å²) in [6.07, 6.45) is 0. The van der Waals surface area contributed by atoms with Crippen molar-refractivity contribution in [2.24, 2.45) is 5.41 Å². The molecule has 0 N–H and O–H groups in total. The summed E-state index contributed by atoms with van der Waals surface area (Å²) in [5.41, 5.74) is 0.344. The van der Waals surface area contributed by atoms with Crippen molar-refractivity contribution in [3.8, 4) is 0 Å². The summed E-state index contributed by atoms with van der Waals surface area (Å²) in [6, 6.07) is 0. The molecule has 0 aliphatic carbocycles. The first-order valence-electron chi connectivity index (χ1n) is 5.19. The molecule has 0 bridgehead atoms. The first kappa shape index (κ1) is 17.8. The van der Waals surface area contributed by atoms with Crippen molar-refractivity contribution < 1.29 is 0 Å². The van der Waals surface area contributed by atoms with Crippen LogP contribution in [0.15, 0.2) is 0 Å². The van der Waals surface area contributed by atoms with Crippen LogP contribution in [0, 0.1) is 5.41 Å². The van der Waals surface area contributed by atoms with Crippen LogP contribution in [0.3, 0.4) is 0 Å². The number of nitrogens with zero attached hydrogens (tertiary/aromatic N) is 3. The summed E-state index contributed by atoms with van der Waals surface area (Å²) in [7, 11) is 12.9. The first-order chi connectivity index (χ1) is 6.25. The van der Waals surface area contributed by atoms with Crippen LogP contribution in [0.4, 0.5) is 0 Å². The standard InChI is InChI=1S/C11H27N3.GeH4/c1-11(8-12(2)3,9-13(4)5)10-14(6)7;/h8-10H2,1-7H3;1H4. The Hall–Kier alpha value is 0.423. The van der Waals surface area contributed by atoms with Gasteiger partial charge in [0, 0.05) is 25.0 Å². The third-order valence-electron chi connectivity index (χ3n) is 2.09. The molecular weight excluding hydrogens is 247 g/mol. The van der Waals surface area contributed by atoms with Gasteiger partial charge >= 0.3 is 17.6 Å². The summed E-state index contributed by atoms with van der Waals surface area (Å²) in [6.45, 7) is 5.74. The molecule has 0 heterocycles. The van der Waals surface area contributed by atoms with E-state index in [0.717, 1.165) is 19.6 Å². The van der Waals surface area contributed by atoms with Crippen molar-refractivity contribution >= 4 is 17.6 Å². The molecule has 0 aromatic carbocycles. The van der Waals surface area contributed by atoms with Gasteiger partial charge in [-0.05, 0) is 42.3 Å². The molecule has 3 nitrogen and oxygen atoms in total. The van der Waals surface area contributed by atoms with Crippen LogP contribution in [-0.4, -0.2) is 94.2 Å². The summed E-state index contributed by atoms with van der Waals surface area (Å²) < 4.78 is 0. The molecule has 0 amide bonds. The van der Waals surface area contributed by atoms with Gasteiger partial charge in [-0.2, -0.15) is 0 Å². The van der Waals surface area contributed by atoms with E-state index in [4.69, 9.17) is 0 Å². The second-order valence-electron chi connectivity index (χ2n) is 5.52. The molecule has 0 saturated heterocycles. The Bertz CT molecular complexity index is 131. The second-order valence-corrected chi connectivity index (χ2v) is 5.52. The molecule has 4 heteroatoms. The van der Waals surface area contributed by atoms with Gasteiger partial charge in [-0.1, -0.05) is 6.92 Å². The Morgan fingerprint density at radius 1 is 0.667 bits per heavy atom. The van der Waals surface area contributed by atoms with E-state index in [1.165, 1.54) is 0 Å². The van der Waals surface area contributed by atoms with Crippen LogP contribution in [0.2, 0.25) is 0 Å². The summed E-state index contributed by atoms with van der Waals surface area (Å²) >= 11 is 0. The van der Waals surface area contributed by atoms with E-state index >= 15 is 0 Å². The molecule has 0 aliphatic heterocycles.